The Morgan fingerprint density at radius 1 is 1.47 bits per heavy atom. The van der Waals surface area contributed by atoms with Gasteiger partial charge in [-0.1, -0.05) is 11.6 Å². The van der Waals surface area contributed by atoms with E-state index in [1.807, 2.05) is 0 Å². The molecule has 17 heavy (non-hydrogen) atoms. The van der Waals surface area contributed by atoms with E-state index >= 15 is 0 Å². The fourth-order valence-electron chi connectivity index (χ4n) is 1.40. The Kier molecular flexibility index (Phi) is 4.37. The lowest BCUT2D eigenvalue weighted by Crippen LogP contribution is -2.44. The predicted molar refractivity (Wildman–Crippen MR) is 66.4 cm³/mol. The van der Waals surface area contributed by atoms with Gasteiger partial charge in [0.05, 0.1) is 10.6 Å². The number of aliphatic hydroxyl groups excluding tert-OH is 1. The third-order valence-corrected chi connectivity index (χ3v) is 2.71. The molecule has 1 aromatic carbocycles. The zero-order chi connectivity index (χ0) is 13.1. The van der Waals surface area contributed by atoms with E-state index in [-0.39, 0.29) is 28.8 Å². The summed E-state index contributed by atoms with van der Waals surface area (Å²) >= 11 is 5.88. The lowest BCUT2D eigenvalue weighted by molar-refractivity contribution is 0.0899. The molecule has 0 saturated heterocycles. The molecule has 0 aliphatic carbocycles. The van der Waals surface area contributed by atoms with Gasteiger partial charge in [0.2, 0.25) is 0 Å². The minimum absolute atomic E-state index is 0.0128. The second-order valence-electron chi connectivity index (χ2n) is 4.48. The Labute approximate surface area is 105 Å². The van der Waals surface area contributed by atoms with Crippen LogP contribution in [0, 0.1) is 0 Å². The van der Waals surface area contributed by atoms with Crippen molar-refractivity contribution in [2.24, 2.45) is 0 Å². The van der Waals surface area contributed by atoms with E-state index in [1.165, 1.54) is 18.2 Å². The monoisotopic (exact) mass is 257 g/mol. The number of aliphatic hydroxyl groups is 1. The third kappa shape index (κ3) is 3.91. The summed E-state index contributed by atoms with van der Waals surface area (Å²) in [7, 11) is 0. The number of carbonyl (C=O) groups excluding carboxylic acids is 1. The number of hydrogen-bond acceptors (Lipinski definition) is 3. The van der Waals surface area contributed by atoms with E-state index in [9.17, 15) is 9.90 Å². The molecule has 0 spiro atoms. The summed E-state index contributed by atoms with van der Waals surface area (Å²) in [6, 6.07) is 4.19. The van der Waals surface area contributed by atoms with Crippen molar-refractivity contribution >= 4 is 17.5 Å². The fourth-order valence-corrected chi connectivity index (χ4v) is 1.61. The first-order chi connectivity index (χ1) is 7.85. The highest BCUT2D eigenvalue weighted by Crippen LogP contribution is 2.22. The molecule has 5 heteroatoms. The molecular weight excluding hydrogens is 242 g/mol. The van der Waals surface area contributed by atoms with Crippen molar-refractivity contribution in [1.82, 2.24) is 5.32 Å². The number of hydrogen-bond donors (Lipinski definition) is 3. The number of amides is 1. The normalized spacial score (nSPS) is 11.3. The number of phenolic OH excluding ortho intramolecular Hbond substituents is 1. The van der Waals surface area contributed by atoms with E-state index in [2.05, 4.69) is 5.32 Å². The number of phenols is 1. The number of benzene rings is 1. The zero-order valence-corrected chi connectivity index (χ0v) is 10.6. The summed E-state index contributed by atoms with van der Waals surface area (Å²) in [6.45, 7) is 3.59. The Balaban J connectivity index is 2.86. The predicted octanol–water partition coefficient (Wildman–Crippen LogP) is 1.94. The van der Waals surface area contributed by atoms with Crippen molar-refractivity contribution in [1.29, 1.82) is 0 Å². The second kappa shape index (κ2) is 5.38. The van der Waals surface area contributed by atoms with Gasteiger partial charge in [-0.2, -0.15) is 0 Å². The number of halogens is 1. The van der Waals surface area contributed by atoms with Gasteiger partial charge < -0.3 is 15.5 Å². The van der Waals surface area contributed by atoms with Crippen LogP contribution in [-0.2, 0) is 0 Å². The van der Waals surface area contributed by atoms with Gasteiger partial charge in [0, 0.05) is 12.1 Å². The van der Waals surface area contributed by atoms with Gasteiger partial charge in [-0.25, -0.2) is 0 Å². The van der Waals surface area contributed by atoms with E-state index < -0.39 is 5.54 Å². The fraction of sp³-hybridized carbons (Fsp3) is 0.417. The first kappa shape index (κ1) is 13.8. The van der Waals surface area contributed by atoms with Crippen LogP contribution in [0.3, 0.4) is 0 Å². The molecule has 0 aliphatic heterocycles. The quantitative estimate of drug-likeness (QED) is 0.772. The highest BCUT2D eigenvalue weighted by Gasteiger charge is 2.22. The molecule has 4 nitrogen and oxygen atoms in total. The summed E-state index contributed by atoms with van der Waals surface area (Å²) in [5.74, 6) is -0.385. The lowest BCUT2D eigenvalue weighted by atomic mass is 10.0. The Hall–Kier alpha value is -1.26. The minimum Gasteiger partial charge on any atom is -0.508 e. The molecule has 94 valence electrons. The second-order valence-corrected chi connectivity index (χ2v) is 4.88. The Morgan fingerprint density at radius 2 is 2.12 bits per heavy atom. The molecule has 0 heterocycles. The maximum Gasteiger partial charge on any atom is 0.253 e. The first-order valence-electron chi connectivity index (χ1n) is 5.27. The molecule has 0 bridgehead atoms. The summed E-state index contributed by atoms with van der Waals surface area (Å²) in [5, 5.41) is 21.2. The van der Waals surface area contributed by atoms with Crippen molar-refractivity contribution in [3.8, 4) is 5.75 Å². The molecule has 1 aromatic rings. The number of nitrogens with one attached hydrogen (secondary N) is 1. The smallest absolute Gasteiger partial charge is 0.253 e. The van der Waals surface area contributed by atoms with Crippen LogP contribution in [0.2, 0.25) is 5.02 Å². The van der Waals surface area contributed by atoms with Crippen molar-refractivity contribution in [3.63, 3.8) is 0 Å². The van der Waals surface area contributed by atoms with Crippen LogP contribution in [0.25, 0.3) is 0 Å². The van der Waals surface area contributed by atoms with Gasteiger partial charge in [-0.05, 0) is 38.5 Å². The third-order valence-electron chi connectivity index (χ3n) is 2.38. The summed E-state index contributed by atoms with van der Waals surface area (Å²) in [4.78, 5) is 11.9. The average Bonchev–Trinajstić information content (AvgIpc) is 2.20. The van der Waals surface area contributed by atoms with Crippen molar-refractivity contribution in [2.75, 3.05) is 6.61 Å². The molecule has 0 atom stereocenters. The highest BCUT2D eigenvalue weighted by atomic mass is 35.5. The Morgan fingerprint density at radius 3 is 2.71 bits per heavy atom. The zero-order valence-electron chi connectivity index (χ0n) is 9.83. The topological polar surface area (TPSA) is 69.6 Å². The minimum atomic E-state index is -0.527. The van der Waals surface area contributed by atoms with Crippen LogP contribution < -0.4 is 5.32 Å². The summed E-state index contributed by atoms with van der Waals surface area (Å²) in [6.07, 6.45) is 0.440. The molecule has 1 rings (SSSR count). The van der Waals surface area contributed by atoms with Crippen molar-refractivity contribution in [3.05, 3.63) is 28.8 Å². The molecule has 0 aliphatic rings. The van der Waals surface area contributed by atoms with Gasteiger partial charge in [0.1, 0.15) is 5.75 Å². The van der Waals surface area contributed by atoms with E-state index in [4.69, 9.17) is 16.7 Å². The maximum atomic E-state index is 11.9. The van der Waals surface area contributed by atoms with Crippen LogP contribution in [0.1, 0.15) is 30.6 Å². The molecule has 0 fully saturated rings. The molecular formula is C12H16ClNO3. The van der Waals surface area contributed by atoms with E-state index in [1.54, 1.807) is 13.8 Å². The number of rotatable bonds is 4. The summed E-state index contributed by atoms with van der Waals surface area (Å²) < 4.78 is 0. The van der Waals surface area contributed by atoms with Crippen LogP contribution in [0.15, 0.2) is 18.2 Å². The number of aromatic hydroxyl groups is 1. The molecule has 1 amide bonds. The molecule has 0 aromatic heterocycles. The van der Waals surface area contributed by atoms with Crippen LogP contribution >= 0.6 is 11.6 Å². The first-order valence-corrected chi connectivity index (χ1v) is 5.65. The highest BCUT2D eigenvalue weighted by molar-refractivity contribution is 6.33. The lowest BCUT2D eigenvalue weighted by Gasteiger charge is -2.25. The molecule has 0 unspecified atom stereocenters. The maximum absolute atomic E-state index is 11.9. The van der Waals surface area contributed by atoms with E-state index in [0.29, 0.717) is 6.42 Å². The van der Waals surface area contributed by atoms with Gasteiger partial charge in [0.15, 0.2) is 0 Å². The van der Waals surface area contributed by atoms with Crippen LogP contribution in [0.4, 0.5) is 0 Å². The van der Waals surface area contributed by atoms with Gasteiger partial charge in [-0.3, -0.25) is 4.79 Å². The molecule has 0 saturated carbocycles. The Bertz CT molecular complexity index is 418. The van der Waals surface area contributed by atoms with Crippen molar-refractivity contribution < 1.29 is 15.0 Å². The summed E-state index contributed by atoms with van der Waals surface area (Å²) in [5.41, 5.74) is -0.307. The average molecular weight is 258 g/mol. The van der Waals surface area contributed by atoms with Crippen LogP contribution in [0.5, 0.6) is 5.75 Å². The van der Waals surface area contributed by atoms with Crippen molar-refractivity contribution in [2.45, 2.75) is 25.8 Å². The SMILES string of the molecule is CC(C)(CCO)NC(=O)c1cc(O)ccc1Cl. The largest absolute Gasteiger partial charge is 0.508 e. The molecule has 0 radical (unpaired) electrons. The van der Waals surface area contributed by atoms with Gasteiger partial charge in [-0.15, -0.1) is 0 Å². The van der Waals surface area contributed by atoms with Gasteiger partial charge >= 0.3 is 0 Å². The van der Waals surface area contributed by atoms with Crippen LogP contribution in [-0.4, -0.2) is 28.3 Å². The molecule has 3 N–H and O–H groups in total. The van der Waals surface area contributed by atoms with E-state index in [0.717, 1.165) is 0 Å². The standard InChI is InChI=1S/C12H16ClNO3/c1-12(2,5-6-15)14-11(17)9-7-8(16)3-4-10(9)13/h3-4,7,15-16H,5-6H2,1-2H3,(H,14,17). The number of carbonyl (C=O) groups is 1. The van der Waals surface area contributed by atoms with Gasteiger partial charge in [0.25, 0.3) is 5.91 Å².